The van der Waals surface area contributed by atoms with Gasteiger partial charge in [-0.05, 0) is 19.3 Å². The zero-order valence-electron chi connectivity index (χ0n) is 12.6. The summed E-state index contributed by atoms with van der Waals surface area (Å²) in [5, 5.41) is 12.9. The van der Waals surface area contributed by atoms with Crippen molar-refractivity contribution in [3.63, 3.8) is 0 Å². The monoisotopic (exact) mass is 292 g/mol. The number of ether oxygens (including phenoxy) is 1. The molecular weight excluding hydrogens is 268 g/mol. The van der Waals surface area contributed by atoms with Crippen molar-refractivity contribution < 1.29 is 9.84 Å². The number of hydrogen-bond acceptors (Lipinski definition) is 6. The number of hydrogen-bond donors (Lipinski definition) is 2. The van der Waals surface area contributed by atoms with Gasteiger partial charge in [-0.2, -0.15) is 0 Å². The first-order valence-corrected chi connectivity index (χ1v) is 7.90. The second-order valence-corrected chi connectivity index (χ2v) is 5.78. The summed E-state index contributed by atoms with van der Waals surface area (Å²) in [6.07, 6.45) is 3.43. The average molecular weight is 292 g/mol. The highest BCUT2D eigenvalue weighted by Crippen LogP contribution is 2.39. The second-order valence-electron chi connectivity index (χ2n) is 5.78. The Hall–Kier alpha value is -1.40. The maximum Gasteiger partial charge on any atom is 0.136 e. The minimum absolute atomic E-state index is 0.0141. The van der Waals surface area contributed by atoms with Gasteiger partial charge in [0.05, 0.1) is 25.9 Å². The molecule has 21 heavy (non-hydrogen) atoms. The molecule has 2 heterocycles. The molecule has 116 valence electrons. The van der Waals surface area contributed by atoms with Crippen molar-refractivity contribution in [2.45, 2.75) is 38.1 Å². The molecule has 6 heteroatoms. The molecule has 2 fully saturated rings. The van der Waals surface area contributed by atoms with Crippen LogP contribution in [-0.4, -0.2) is 54.0 Å². The van der Waals surface area contributed by atoms with Crippen molar-refractivity contribution in [3.8, 4) is 0 Å². The van der Waals surface area contributed by atoms with E-state index >= 15 is 0 Å². The average Bonchev–Trinajstić information content (AvgIpc) is 3.37. The third kappa shape index (κ3) is 3.44. The lowest BCUT2D eigenvalue weighted by atomic mass is 10.2. The molecule has 2 N–H and O–H groups in total. The van der Waals surface area contributed by atoms with Crippen LogP contribution in [-0.2, 0) is 4.74 Å². The Labute approximate surface area is 125 Å². The maximum atomic E-state index is 9.54. The van der Waals surface area contributed by atoms with Gasteiger partial charge in [-0.25, -0.2) is 9.97 Å². The zero-order valence-corrected chi connectivity index (χ0v) is 12.6. The first-order chi connectivity index (χ1) is 10.3. The van der Waals surface area contributed by atoms with E-state index in [0.29, 0.717) is 19.1 Å². The van der Waals surface area contributed by atoms with E-state index in [9.17, 15) is 5.11 Å². The van der Waals surface area contributed by atoms with E-state index in [1.54, 1.807) is 0 Å². The van der Waals surface area contributed by atoms with E-state index in [1.807, 2.05) is 6.07 Å². The fourth-order valence-electron chi connectivity index (χ4n) is 2.58. The molecule has 2 aliphatic rings. The quantitative estimate of drug-likeness (QED) is 0.825. The highest BCUT2D eigenvalue weighted by atomic mass is 16.5. The number of aromatic nitrogens is 2. The summed E-state index contributed by atoms with van der Waals surface area (Å²) in [6.45, 7) is 5.13. The van der Waals surface area contributed by atoms with Crippen molar-refractivity contribution in [2.24, 2.45) is 0 Å². The lowest BCUT2D eigenvalue weighted by Crippen LogP contribution is -2.48. The second kappa shape index (κ2) is 6.58. The van der Waals surface area contributed by atoms with E-state index < -0.39 is 0 Å². The van der Waals surface area contributed by atoms with Crippen LogP contribution in [0, 0.1) is 0 Å². The van der Waals surface area contributed by atoms with Crippen LogP contribution in [0.5, 0.6) is 0 Å². The predicted octanol–water partition coefficient (Wildman–Crippen LogP) is 1.37. The number of anilines is 2. The van der Waals surface area contributed by atoms with E-state index in [0.717, 1.165) is 37.0 Å². The number of nitrogens with one attached hydrogen (secondary N) is 1. The van der Waals surface area contributed by atoms with Gasteiger partial charge in [0.25, 0.3) is 0 Å². The summed E-state index contributed by atoms with van der Waals surface area (Å²) in [7, 11) is 0. The zero-order chi connectivity index (χ0) is 14.7. The van der Waals surface area contributed by atoms with Crippen molar-refractivity contribution in [1.82, 2.24) is 9.97 Å². The van der Waals surface area contributed by atoms with Crippen LogP contribution in [0.2, 0.25) is 0 Å². The maximum absolute atomic E-state index is 9.54. The minimum Gasteiger partial charge on any atom is -0.394 e. The Balaban J connectivity index is 1.86. The molecule has 1 saturated heterocycles. The van der Waals surface area contributed by atoms with Gasteiger partial charge < -0.3 is 20.1 Å². The van der Waals surface area contributed by atoms with Gasteiger partial charge in [0.15, 0.2) is 0 Å². The van der Waals surface area contributed by atoms with E-state index in [-0.39, 0.29) is 12.6 Å². The number of rotatable bonds is 6. The molecule has 0 radical (unpaired) electrons. The number of morpholine rings is 1. The minimum atomic E-state index is -0.0141. The predicted molar refractivity (Wildman–Crippen MR) is 81.8 cm³/mol. The summed E-state index contributed by atoms with van der Waals surface area (Å²) in [6, 6.07) is 1.98. The summed E-state index contributed by atoms with van der Waals surface area (Å²) in [5.41, 5.74) is 0. The van der Waals surface area contributed by atoms with Crippen LogP contribution in [0.1, 0.15) is 37.9 Å². The third-order valence-electron chi connectivity index (χ3n) is 3.96. The fraction of sp³-hybridized carbons (Fsp3) is 0.733. The largest absolute Gasteiger partial charge is 0.394 e. The normalized spacial score (nSPS) is 22.4. The van der Waals surface area contributed by atoms with Crippen LogP contribution in [0.25, 0.3) is 0 Å². The standard InChI is InChI=1S/C15H24N4O2/c1-2-5-16-13-8-14(18-15(17-13)11-3-4-11)19-6-7-21-10-12(19)9-20/h8,11-12,20H,2-7,9-10H2,1H3,(H,16,17,18). The molecule has 1 aromatic heterocycles. The number of aliphatic hydroxyl groups excluding tert-OH is 1. The highest BCUT2D eigenvalue weighted by molar-refractivity contribution is 5.51. The first kappa shape index (κ1) is 14.5. The van der Waals surface area contributed by atoms with Crippen molar-refractivity contribution >= 4 is 11.6 Å². The Morgan fingerprint density at radius 1 is 1.43 bits per heavy atom. The smallest absolute Gasteiger partial charge is 0.136 e. The SMILES string of the molecule is CCCNc1cc(N2CCOCC2CO)nc(C2CC2)n1. The van der Waals surface area contributed by atoms with E-state index in [1.165, 1.54) is 12.8 Å². The molecule has 1 saturated carbocycles. The highest BCUT2D eigenvalue weighted by Gasteiger charge is 2.30. The molecule has 3 rings (SSSR count). The third-order valence-corrected chi connectivity index (χ3v) is 3.96. The van der Waals surface area contributed by atoms with Gasteiger partial charge in [-0.15, -0.1) is 0 Å². The summed E-state index contributed by atoms with van der Waals surface area (Å²) in [4.78, 5) is 11.5. The molecule has 1 aliphatic heterocycles. The molecule has 0 amide bonds. The number of nitrogens with zero attached hydrogens (tertiary/aromatic N) is 3. The van der Waals surface area contributed by atoms with Crippen molar-refractivity contribution in [1.29, 1.82) is 0 Å². The fourth-order valence-corrected chi connectivity index (χ4v) is 2.58. The van der Waals surface area contributed by atoms with Gasteiger partial charge in [0, 0.05) is 25.1 Å². The summed E-state index contributed by atoms with van der Waals surface area (Å²) < 4.78 is 5.45. The molecule has 1 atom stereocenters. The van der Waals surface area contributed by atoms with Crippen LogP contribution >= 0.6 is 0 Å². The van der Waals surface area contributed by atoms with Gasteiger partial charge in [0.1, 0.15) is 17.5 Å². The summed E-state index contributed by atoms with van der Waals surface area (Å²) in [5.74, 6) is 3.26. The molecule has 0 bridgehead atoms. The van der Waals surface area contributed by atoms with Crippen molar-refractivity contribution in [3.05, 3.63) is 11.9 Å². The van der Waals surface area contributed by atoms with Gasteiger partial charge in [-0.1, -0.05) is 6.92 Å². The molecule has 1 aromatic rings. The van der Waals surface area contributed by atoms with Crippen LogP contribution in [0.15, 0.2) is 6.07 Å². The molecule has 0 spiro atoms. The van der Waals surface area contributed by atoms with E-state index in [2.05, 4.69) is 22.1 Å². The van der Waals surface area contributed by atoms with Crippen LogP contribution < -0.4 is 10.2 Å². The van der Waals surface area contributed by atoms with Gasteiger partial charge >= 0.3 is 0 Å². The van der Waals surface area contributed by atoms with Crippen LogP contribution in [0.4, 0.5) is 11.6 Å². The van der Waals surface area contributed by atoms with E-state index in [4.69, 9.17) is 9.72 Å². The van der Waals surface area contributed by atoms with Gasteiger partial charge in [-0.3, -0.25) is 0 Å². The Kier molecular flexibility index (Phi) is 4.55. The van der Waals surface area contributed by atoms with Gasteiger partial charge in [0.2, 0.25) is 0 Å². The topological polar surface area (TPSA) is 70.5 Å². The molecule has 1 aliphatic carbocycles. The van der Waals surface area contributed by atoms with Crippen molar-refractivity contribution in [2.75, 3.05) is 43.1 Å². The number of aliphatic hydroxyl groups is 1. The summed E-state index contributed by atoms with van der Waals surface area (Å²) >= 11 is 0. The molecule has 6 nitrogen and oxygen atoms in total. The Bertz CT molecular complexity index is 479. The molecule has 1 unspecified atom stereocenters. The molecular formula is C15H24N4O2. The Morgan fingerprint density at radius 2 is 2.29 bits per heavy atom. The first-order valence-electron chi connectivity index (χ1n) is 7.90. The lowest BCUT2D eigenvalue weighted by molar-refractivity contribution is 0.0722. The van der Waals surface area contributed by atoms with Crippen LogP contribution in [0.3, 0.4) is 0 Å². The Morgan fingerprint density at radius 3 is 3.00 bits per heavy atom. The lowest BCUT2D eigenvalue weighted by Gasteiger charge is -2.35. The molecule has 0 aromatic carbocycles.